The lowest BCUT2D eigenvalue weighted by Crippen LogP contribution is -1.98. The van der Waals surface area contributed by atoms with Crippen molar-refractivity contribution in [1.29, 1.82) is 0 Å². The average Bonchev–Trinajstić information content (AvgIpc) is 3.05. The van der Waals surface area contributed by atoms with Crippen LogP contribution in [0.3, 0.4) is 0 Å². The Morgan fingerprint density at radius 2 is 1.71 bits per heavy atom. The molecule has 1 aliphatic rings. The molecule has 3 aromatic carbocycles. The fraction of sp³-hybridized carbons (Fsp3) is 0.125. The van der Waals surface area contributed by atoms with E-state index in [0.29, 0.717) is 29.4 Å². The summed E-state index contributed by atoms with van der Waals surface area (Å²) in [4.78, 5) is 12.7. The largest absolute Gasteiger partial charge is 0.497 e. The standard InChI is InChI=1S/C24H20O4/c1-16-21(27-15-18-6-4-3-5-7-18)13-12-20-23(25)22(28-24(16)20)14-17-8-10-19(26-2)11-9-17/h3-14H,15H2,1-2H3/b22-14-. The summed E-state index contributed by atoms with van der Waals surface area (Å²) in [5.74, 6) is 2.23. The fourth-order valence-electron chi connectivity index (χ4n) is 3.11. The van der Waals surface area contributed by atoms with E-state index in [1.54, 1.807) is 19.3 Å². The van der Waals surface area contributed by atoms with Gasteiger partial charge in [0.15, 0.2) is 5.76 Å². The van der Waals surface area contributed by atoms with Crippen molar-refractivity contribution in [2.45, 2.75) is 13.5 Å². The smallest absolute Gasteiger partial charge is 0.231 e. The third kappa shape index (κ3) is 3.49. The number of Topliss-reactive ketones (excluding diaryl/α,β-unsaturated/α-hetero) is 1. The Morgan fingerprint density at radius 3 is 2.43 bits per heavy atom. The first-order chi connectivity index (χ1) is 13.7. The van der Waals surface area contributed by atoms with Gasteiger partial charge in [0, 0.05) is 5.56 Å². The molecule has 0 amide bonds. The number of hydrogen-bond acceptors (Lipinski definition) is 4. The van der Waals surface area contributed by atoms with Crippen molar-refractivity contribution in [2.75, 3.05) is 7.11 Å². The summed E-state index contributed by atoms with van der Waals surface area (Å²) in [5, 5.41) is 0. The fourth-order valence-corrected chi connectivity index (χ4v) is 3.11. The normalized spacial score (nSPS) is 13.9. The minimum absolute atomic E-state index is 0.122. The highest BCUT2D eigenvalue weighted by Gasteiger charge is 2.30. The van der Waals surface area contributed by atoms with Crippen LogP contribution in [0.2, 0.25) is 0 Å². The molecule has 4 heteroatoms. The summed E-state index contributed by atoms with van der Waals surface area (Å²) in [5.41, 5.74) is 3.33. The first-order valence-electron chi connectivity index (χ1n) is 9.04. The molecule has 1 aliphatic heterocycles. The predicted octanol–water partition coefficient (Wildman–Crippen LogP) is 5.20. The molecule has 0 N–H and O–H groups in total. The van der Waals surface area contributed by atoms with Gasteiger partial charge in [-0.1, -0.05) is 42.5 Å². The van der Waals surface area contributed by atoms with Gasteiger partial charge in [0.25, 0.3) is 0 Å². The molecule has 0 unspecified atom stereocenters. The Morgan fingerprint density at radius 1 is 0.964 bits per heavy atom. The molecule has 140 valence electrons. The van der Waals surface area contributed by atoms with Crippen LogP contribution < -0.4 is 14.2 Å². The van der Waals surface area contributed by atoms with Crippen molar-refractivity contribution in [2.24, 2.45) is 0 Å². The Hall–Kier alpha value is -3.53. The second-order valence-corrected chi connectivity index (χ2v) is 6.55. The Kier molecular flexibility index (Phi) is 4.85. The van der Waals surface area contributed by atoms with Crippen LogP contribution in [-0.4, -0.2) is 12.9 Å². The highest BCUT2D eigenvalue weighted by Crippen LogP contribution is 2.39. The van der Waals surface area contributed by atoms with Gasteiger partial charge in [0.2, 0.25) is 5.78 Å². The maximum Gasteiger partial charge on any atom is 0.231 e. The minimum atomic E-state index is -0.122. The summed E-state index contributed by atoms with van der Waals surface area (Å²) in [6.07, 6.45) is 1.74. The summed E-state index contributed by atoms with van der Waals surface area (Å²) < 4.78 is 17.0. The number of ketones is 1. The van der Waals surface area contributed by atoms with Crippen molar-refractivity contribution in [1.82, 2.24) is 0 Å². The van der Waals surface area contributed by atoms with Gasteiger partial charge in [0.1, 0.15) is 23.9 Å². The van der Waals surface area contributed by atoms with Crippen molar-refractivity contribution < 1.29 is 19.0 Å². The van der Waals surface area contributed by atoms with E-state index in [1.807, 2.05) is 67.6 Å². The van der Waals surface area contributed by atoms with E-state index in [0.717, 1.165) is 22.4 Å². The van der Waals surface area contributed by atoms with Crippen molar-refractivity contribution in [3.63, 3.8) is 0 Å². The minimum Gasteiger partial charge on any atom is -0.497 e. The molecule has 28 heavy (non-hydrogen) atoms. The van der Waals surface area contributed by atoms with Crippen LogP contribution >= 0.6 is 0 Å². The van der Waals surface area contributed by atoms with Gasteiger partial charge in [-0.2, -0.15) is 0 Å². The number of carbonyl (C=O) groups excluding carboxylic acids is 1. The summed E-state index contributed by atoms with van der Waals surface area (Å²) in [7, 11) is 1.62. The number of rotatable bonds is 5. The Labute approximate surface area is 164 Å². The number of fused-ring (bicyclic) bond motifs is 1. The lowest BCUT2D eigenvalue weighted by atomic mass is 10.1. The third-order valence-electron chi connectivity index (χ3n) is 4.69. The molecule has 4 nitrogen and oxygen atoms in total. The number of allylic oxidation sites excluding steroid dienone is 1. The third-order valence-corrected chi connectivity index (χ3v) is 4.69. The van der Waals surface area contributed by atoms with E-state index in [-0.39, 0.29) is 5.78 Å². The number of methoxy groups -OCH3 is 1. The van der Waals surface area contributed by atoms with Gasteiger partial charge in [-0.15, -0.1) is 0 Å². The summed E-state index contributed by atoms with van der Waals surface area (Å²) in [6.45, 7) is 2.37. The molecule has 1 heterocycles. The maximum atomic E-state index is 12.7. The van der Waals surface area contributed by atoms with Crippen LogP contribution in [0.5, 0.6) is 17.2 Å². The zero-order valence-corrected chi connectivity index (χ0v) is 15.8. The number of ether oxygens (including phenoxy) is 3. The molecule has 3 aromatic rings. The second-order valence-electron chi connectivity index (χ2n) is 6.55. The van der Waals surface area contributed by atoms with E-state index in [4.69, 9.17) is 14.2 Å². The second kappa shape index (κ2) is 7.61. The Bertz CT molecular complexity index is 1030. The topological polar surface area (TPSA) is 44.8 Å². The van der Waals surface area contributed by atoms with Gasteiger partial charge < -0.3 is 14.2 Å². The van der Waals surface area contributed by atoms with Crippen LogP contribution in [0.1, 0.15) is 27.0 Å². The monoisotopic (exact) mass is 372 g/mol. The number of carbonyl (C=O) groups is 1. The lowest BCUT2D eigenvalue weighted by molar-refractivity contribution is 0.101. The van der Waals surface area contributed by atoms with E-state index in [2.05, 4.69) is 0 Å². The van der Waals surface area contributed by atoms with E-state index in [1.165, 1.54) is 0 Å². The summed E-state index contributed by atoms with van der Waals surface area (Å²) in [6, 6.07) is 21.0. The molecular weight excluding hydrogens is 352 g/mol. The zero-order valence-electron chi connectivity index (χ0n) is 15.8. The molecule has 0 spiro atoms. The molecule has 0 bridgehead atoms. The van der Waals surface area contributed by atoms with Crippen LogP contribution in [0, 0.1) is 6.92 Å². The molecule has 0 fully saturated rings. The molecule has 4 rings (SSSR count). The first-order valence-corrected chi connectivity index (χ1v) is 9.04. The van der Waals surface area contributed by atoms with Gasteiger partial charge >= 0.3 is 0 Å². The van der Waals surface area contributed by atoms with Crippen LogP contribution in [0.25, 0.3) is 6.08 Å². The molecule has 0 atom stereocenters. The van der Waals surface area contributed by atoms with Crippen LogP contribution in [0.4, 0.5) is 0 Å². The number of hydrogen-bond donors (Lipinski definition) is 0. The van der Waals surface area contributed by atoms with Crippen LogP contribution in [-0.2, 0) is 6.61 Å². The van der Waals surface area contributed by atoms with Crippen LogP contribution in [0.15, 0.2) is 72.5 Å². The molecule has 0 radical (unpaired) electrons. The predicted molar refractivity (Wildman–Crippen MR) is 108 cm³/mol. The number of benzene rings is 3. The molecule has 0 aromatic heterocycles. The van der Waals surface area contributed by atoms with Gasteiger partial charge in [-0.3, -0.25) is 4.79 Å². The van der Waals surface area contributed by atoms with Gasteiger partial charge in [-0.05, 0) is 48.4 Å². The molecule has 0 saturated heterocycles. The SMILES string of the molecule is COc1ccc(/C=C2\Oc3c(ccc(OCc4ccccc4)c3C)C2=O)cc1. The van der Waals surface area contributed by atoms with Crippen molar-refractivity contribution >= 4 is 11.9 Å². The molecular formula is C24H20O4. The quantitative estimate of drug-likeness (QED) is 0.578. The van der Waals surface area contributed by atoms with Gasteiger partial charge in [0.05, 0.1) is 12.7 Å². The van der Waals surface area contributed by atoms with Gasteiger partial charge in [-0.25, -0.2) is 0 Å². The average molecular weight is 372 g/mol. The van der Waals surface area contributed by atoms with Crippen molar-refractivity contribution in [3.05, 3.63) is 94.7 Å². The molecule has 0 saturated carbocycles. The molecule has 0 aliphatic carbocycles. The van der Waals surface area contributed by atoms with E-state index >= 15 is 0 Å². The first kappa shape index (κ1) is 17.9. The zero-order chi connectivity index (χ0) is 19.5. The highest BCUT2D eigenvalue weighted by atomic mass is 16.5. The maximum absolute atomic E-state index is 12.7. The highest BCUT2D eigenvalue weighted by molar-refractivity contribution is 6.14. The Balaban J connectivity index is 1.56. The van der Waals surface area contributed by atoms with E-state index in [9.17, 15) is 4.79 Å². The van der Waals surface area contributed by atoms with E-state index < -0.39 is 0 Å². The van der Waals surface area contributed by atoms with Crippen molar-refractivity contribution in [3.8, 4) is 17.2 Å². The summed E-state index contributed by atoms with van der Waals surface area (Å²) >= 11 is 0. The lowest BCUT2D eigenvalue weighted by Gasteiger charge is -2.11.